The maximum atomic E-state index is 10.2. The molecule has 2 aromatic carbocycles. The number of thioether (sulfide) groups is 1. The number of aromatic nitrogens is 4. The Morgan fingerprint density at radius 2 is 1.92 bits per heavy atom. The Kier molecular flexibility index (Phi) is 5.90. The van der Waals surface area contributed by atoms with E-state index in [9.17, 15) is 5.11 Å². The van der Waals surface area contributed by atoms with Crippen LogP contribution in [0.15, 0.2) is 47.6 Å². The van der Waals surface area contributed by atoms with Crippen LogP contribution >= 0.6 is 11.8 Å². The number of aliphatic hydroxyl groups excluding tert-OH is 1. The van der Waals surface area contributed by atoms with Crippen LogP contribution in [0, 0.1) is 20.8 Å². The molecule has 0 saturated carbocycles. The number of rotatable bonds is 7. The summed E-state index contributed by atoms with van der Waals surface area (Å²) in [4.78, 5) is 0. The van der Waals surface area contributed by atoms with Gasteiger partial charge in [-0.3, -0.25) is 0 Å². The van der Waals surface area contributed by atoms with E-state index in [2.05, 4.69) is 21.6 Å². The number of aryl methyl sites for hydroxylation is 3. The van der Waals surface area contributed by atoms with E-state index in [4.69, 9.17) is 4.74 Å². The minimum atomic E-state index is -0.621. The molecule has 0 aliphatic rings. The van der Waals surface area contributed by atoms with Crippen molar-refractivity contribution in [3.8, 4) is 11.4 Å². The van der Waals surface area contributed by atoms with Gasteiger partial charge < -0.3 is 9.84 Å². The lowest BCUT2D eigenvalue weighted by atomic mass is 10.1. The molecule has 0 unspecified atom stereocenters. The smallest absolute Gasteiger partial charge is 0.214 e. The molecule has 0 bridgehead atoms. The van der Waals surface area contributed by atoms with Gasteiger partial charge in [0.2, 0.25) is 5.16 Å². The number of ether oxygens (including phenoxy) is 1. The molecule has 1 aromatic heterocycles. The van der Waals surface area contributed by atoms with E-state index >= 15 is 0 Å². The number of hydrogen-bond acceptors (Lipinski definition) is 6. The van der Waals surface area contributed by atoms with Gasteiger partial charge in [-0.2, -0.15) is 4.68 Å². The molecule has 1 N–H and O–H groups in total. The second-order valence-corrected chi connectivity index (χ2v) is 7.24. The summed E-state index contributed by atoms with van der Waals surface area (Å²) in [7, 11) is 0. The molecule has 3 aromatic rings. The molecular formula is C19H22N4O2S. The quantitative estimate of drug-likeness (QED) is 0.644. The van der Waals surface area contributed by atoms with Gasteiger partial charge in [0, 0.05) is 5.75 Å². The standard InChI is InChI=1S/C19H22N4O2S/c1-13-5-4-6-17(9-13)25-11-16(24)12-26-19-20-21-22-23(19)18-10-14(2)7-8-15(18)3/h4-10,16,24H,11-12H2,1-3H3/t16-/m0/s1. The van der Waals surface area contributed by atoms with Crippen LogP contribution in [0.3, 0.4) is 0 Å². The Labute approximate surface area is 157 Å². The molecular weight excluding hydrogens is 348 g/mol. The molecule has 0 fully saturated rings. The summed E-state index contributed by atoms with van der Waals surface area (Å²) >= 11 is 1.41. The van der Waals surface area contributed by atoms with Crippen molar-refractivity contribution in [3.05, 3.63) is 59.2 Å². The van der Waals surface area contributed by atoms with Crippen LogP contribution < -0.4 is 4.74 Å². The summed E-state index contributed by atoms with van der Waals surface area (Å²) in [6.45, 7) is 6.29. The van der Waals surface area contributed by atoms with E-state index in [1.54, 1.807) is 4.68 Å². The van der Waals surface area contributed by atoms with Crippen LogP contribution in [0.4, 0.5) is 0 Å². The fourth-order valence-corrected chi connectivity index (χ4v) is 3.27. The van der Waals surface area contributed by atoms with Gasteiger partial charge in [-0.05, 0) is 66.1 Å². The maximum absolute atomic E-state index is 10.2. The second-order valence-electron chi connectivity index (χ2n) is 6.26. The van der Waals surface area contributed by atoms with E-state index in [0.29, 0.717) is 10.9 Å². The first-order chi connectivity index (χ1) is 12.5. The van der Waals surface area contributed by atoms with Crippen LogP contribution in [0.1, 0.15) is 16.7 Å². The molecule has 1 atom stereocenters. The fraction of sp³-hybridized carbons (Fsp3) is 0.316. The maximum Gasteiger partial charge on any atom is 0.214 e. The van der Waals surface area contributed by atoms with Crippen molar-refractivity contribution in [2.24, 2.45) is 0 Å². The summed E-state index contributed by atoms with van der Waals surface area (Å²) in [5.74, 6) is 1.20. The number of nitrogens with zero attached hydrogens (tertiary/aromatic N) is 4. The summed E-state index contributed by atoms with van der Waals surface area (Å²) in [5, 5.41) is 22.8. The highest BCUT2D eigenvalue weighted by atomic mass is 32.2. The molecule has 0 aliphatic carbocycles. The molecule has 6 nitrogen and oxygen atoms in total. The van der Waals surface area contributed by atoms with Crippen LogP contribution in [0.2, 0.25) is 0 Å². The molecule has 26 heavy (non-hydrogen) atoms. The van der Waals surface area contributed by atoms with E-state index < -0.39 is 6.10 Å². The predicted molar refractivity (Wildman–Crippen MR) is 102 cm³/mol. The summed E-state index contributed by atoms with van der Waals surface area (Å²) < 4.78 is 7.36. The Bertz CT molecular complexity index is 881. The van der Waals surface area contributed by atoms with E-state index in [-0.39, 0.29) is 6.61 Å². The first-order valence-electron chi connectivity index (χ1n) is 8.39. The Balaban J connectivity index is 1.60. The Morgan fingerprint density at radius 3 is 2.73 bits per heavy atom. The third-order valence-corrected chi connectivity index (χ3v) is 4.93. The zero-order valence-corrected chi connectivity index (χ0v) is 15.9. The van der Waals surface area contributed by atoms with Gasteiger partial charge in [-0.1, -0.05) is 36.0 Å². The molecule has 136 valence electrons. The minimum absolute atomic E-state index is 0.224. The lowest BCUT2D eigenvalue weighted by molar-refractivity contribution is 0.126. The van der Waals surface area contributed by atoms with Crippen molar-refractivity contribution in [1.82, 2.24) is 20.2 Å². The monoisotopic (exact) mass is 370 g/mol. The van der Waals surface area contributed by atoms with Gasteiger partial charge >= 0.3 is 0 Å². The van der Waals surface area contributed by atoms with Gasteiger partial charge in [0.05, 0.1) is 11.8 Å². The van der Waals surface area contributed by atoms with Gasteiger partial charge in [-0.25, -0.2) is 0 Å². The number of aliphatic hydroxyl groups is 1. The van der Waals surface area contributed by atoms with Crippen molar-refractivity contribution in [2.75, 3.05) is 12.4 Å². The van der Waals surface area contributed by atoms with Crippen LogP contribution in [0.5, 0.6) is 5.75 Å². The van der Waals surface area contributed by atoms with E-state index in [1.165, 1.54) is 11.8 Å². The number of benzene rings is 2. The number of hydrogen-bond donors (Lipinski definition) is 1. The molecule has 0 aliphatic heterocycles. The van der Waals surface area contributed by atoms with E-state index in [0.717, 1.165) is 28.1 Å². The molecule has 0 spiro atoms. The summed E-state index contributed by atoms with van der Waals surface area (Å²) in [6.07, 6.45) is -0.621. The van der Waals surface area contributed by atoms with Crippen molar-refractivity contribution in [3.63, 3.8) is 0 Å². The zero-order valence-electron chi connectivity index (χ0n) is 15.1. The second kappa shape index (κ2) is 8.33. The first kappa shape index (κ1) is 18.4. The normalized spacial score (nSPS) is 12.2. The fourth-order valence-electron chi connectivity index (χ4n) is 2.48. The highest BCUT2D eigenvalue weighted by molar-refractivity contribution is 7.99. The van der Waals surface area contributed by atoms with Crippen LogP contribution in [-0.4, -0.2) is 43.8 Å². The van der Waals surface area contributed by atoms with Crippen molar-refractivity contribution >= 4 is 11.8 Å². The zero-order chi connectivity index (χ0) is 18.5. The molecule has 1 heterocycles. The largest absolute Gasteiger partial charge is 0.491 e. The third kappa shape index (κ3) is 4.62. The predicted octanol–water partition coefficient (Wildman–Crippen LogP) is 3.12. The van der Waals surface area contributed by atoms with Crippen molar-refractivity contribution in [2.45, 2.75) is 32.0 Å². The van der Waals surface area contributed by atoms with Crippen molar-refractivity contribution < 1.29 is 9.84 Å². The van der Waals surface area contributed by atoms with Gasteiger partial charge in [0.1, 0.15) is 12.4 Å². The summed E-state index contributed by atoms with van der Waals surface area (Å²) in [6, 6.07) is 13.9. The topological polar surface area (TPSA) is 73.1 Å². The lowest BCUT2D eigenvalue weighted by Crippen LogP contribution is -2.20. The van der Waals surface area contributed by atoms with Gasteiger partial charge in [0.25, 0.3) is 0 Å². The Hall–Kier alpha value is -2.38. The average Bonchev–Trinajstić information content (AvgIpc) is 3.08. The highest BCUT2D eigenvalue weighted by Gasteiger charge is 2.14. The lowest BCUT2D eigenvalue weighted by Gasteiger charge is -2.13. The minimum Gasteiger partial charge on any atom is -0.491 e. The van der Waals surface area contributed by atoms with Gasteiger partial charge in [-0.15, -0.1) is 5.10 Å². The molecule has 0 radical (unpaired) electrons. The molecule has 0 saturated heterocycles. The van der Waals surface area contributed by atoms with Crippen molar-refractivity contribution in [1.29, 1.82) is 0 Å². The summed E-state index contributed by atoms with van der Waals surface area (Å²) in [5.41, 5.74) is 4.30. The Morgan fingerprint density at radius 1 is 1.12 bits per heavy atom. The molecule has 3 rings (SSSR count). The first-order valence-corrected chi connectivity index (χ1v) is 9.38. The molecule has 0 amide bonds. The number of tetrazole rings is 1. The van der Waals surface area contributed by atoms with E-state index in [1.807, 2.05) is 57.2 Å². The SMILES string of the molecule is Cc1cccc(OC[C@H](O)CSc2nnnn2-c2cc(C)ccc2C)c1. The molecule has 7 heteroatoms. The van der Waals surface area contributed by atoms with Gasteiger partial charge in [0.15, 0.2) is 0 Å². The average molecular weight is 370 g/mol. The van der Waals surface area contributed by atoms with Crippen LogP contribution in [0.25, 0.3) is 5.69 Å². The highest BCUT2D eigenvalue weighted by Crippen LogP contribution is 2.22. The van der Waals surface area contributed by atoms with Crippen LogP contribution in [-0.2, 0) is 0 Å². The third-order valence-electron chi connectivity index (χ3n) is 3.87.